The number of aromatic amines is 1. The first-order chi connectivity index (χ1) is 9.15. The SMILES string of the molecule is COc1ccc2c([nH]c3cc(O)c(C)cc32)c1OC. The number of hydrogen-bond donors (Lipinski definition) is 2. The Labute approximate surface area is 110 Å². The van der Waals surface area contributed by atoms with Gasteiger partial charge in [-0.2, -0.15) is 0 Å². The van der Waals surface area contributed by atoms with Crippen LogP contribution in [0, 0.1) is 6.92 Å². The molecule has 0 bridgehead atoms. The van der Waals surface area contributed by atoms with Gasteiger partial charge in [0, 0.05) is 16.8 Å². The highest BCUT2D eigenvalue weighted by Crippen LogP contribution is 2.39. The first-order valence-electron chi connectivity index (χ1n) is 6.01. The average molecular weight is 257 g/mol. The summed E-state index contributed by atoms with van der Waals surface area (Å²) in [5.74, 6) is 1.64. The maximum absolute atomic E-state index is 9.79. The van der Waals surface area contributed by atoms with Gasteiger partial charge in [-0.15, -0.1) is 0 Å². The number of phenols is 1. The van der Waals surface area contributed by atoms with Crippen LogP contribution in [0.1, 0.15) is 5.56 Å². The number of benzene rings is 2. The Hall–Kier alpha value is -2.36. The van der Waals surface area contributed by atoms with E-state index in [9.17, 15) is 5.11 Å². The van der Waals surface area contributed by atoms with Gasteiger partial charge in [-0.1, -0.05) is 0 Å². The Bertz CT molecular complexity index is 774. The fraction of sp³-hybridized carbons (Fsp3) is 0.200. The lowest BCUT2D eigenvalue weighted by atomic mass is 10.1. The Balaban J connectivity index is 2.46. The van der Waals surface area contributed by atoms with E-state index < -0.39 is 0 Å². The highest BCUT2D eigenvalue weighted by molar-refractivity contribution is 6.10. The molecule has 0 aliphatic carbocycles. The van der Waals surface area contributed by atoms with E-state index in [4.69, 9.17) is 9.47 Å². The van der Waals surface area contributed by atoms with Gasteiger partial charge >= 0.3 is 0 Å². The van der Waals surface area contributed by atoms with E-state index in [0.29, 0.717) is 11.5 Å². The lowest BCUT2D eigenvalue weighted by Crippen LogP contribution is -1.90. The van der Waals surface area contributed by atoms with Gasteiger partial charge in [0.15, 0.2) is 11.5 Å². The van der Waals surface area contributed by atoms with Gasteiger partial charge in [0.25, 0.3) is 0 Å². The molecule has 0 atom stereocenters. The number of aryl methyl sites for hydroxylation is 1. The molecule has 0 fully saturated rings. The maximum atomic E-state index is 9.79. The summed E-state index contributed by atoms with van der Waals surface area (Å²) in [5, 5.41) is 11.9. The molecular weight excluding hydrogens is 242 g/mol. The zero-order chi connectivity index (χ0) is 13.6. The molecule has 0 aliphatic heterocycles. The molecule has 0 spiro atoms. The molecule has 4 heteroatoms. The second kappa shape index (κ2) is 4.09. The predicted molar refractivity (Wildman–Crippen MR) is 75.3 cm³/mol. The highest BCUT2D eigenvalue weighted by Gasteiger charge is 2.14. The number of nitrogens with one attached hydrogen (secondary N) is 1. The Morgan fingerprint density at radius 1 is 1.05 bits per heavy atom. The van der Waals surface area contributed by atoms with Crippen molar-refractivity contribution < 1.29 is 14.6 Å². The number of methoxy groups -OCH3 is 2. The van der Waals surface area contributed by atoms with E-state index in [1.165, 1.54) is 0 Å². The van der Waals surface area contributed by atoms with Crippen LogP contribution in [0.4, 0.5) is 0 Å². The molecule has 3 aromatic rings. The summed E-state index contributed by atoms with van der Waals surface area (Å²) in [5.41, 5.74) is 2.61. The summed E-state index contributed by atoms with van der Waals surface area (Å²) in [6.45, 7) is 1.88. The second-order valence-corrected chi connectivity index (χ2v) is 4.53. The molecule has 0 saturated heterocycles. The van der Waals surface area contributed by atoms with Crippen LogP contribution in [0.5, 0.6) is 17.2 Å². The van der Waals surface area contributed by atoms with Crippen molar-refractivity contribution in [3.8, 4) is 17.2 Å². The van der Waals surface area contributed by atoms with Crippen LogP contribution < -0.4 is 9.47 Å². The zero-order valence-corrected chi connectivity index (χ0v) is 11.1. The standard InChI is InChI=1S/C15H15NO3/c1-8-6-10-9-4-5-13(18-2)15(19-3)14(9)16-11(10)7-12(8)17/h4-7,16-17H,1-3H3. The molecule has 1 heterocycles. The van der Waals surface area contributed by atoms with E-state index in [2.05, 4.69) is 4.98 Å². The summed E-state index contributed by atoms with van der Waals surface area (Å²) < 4.78 is 10.7. The van der Waals surface area contributed by atoms with Gasteiger partial charge in [0.1, 0.15) is 5.75 Å². The Morgan fingerprint density at radius 2 is 1.84 bits per heavy atom. The smallest absolute Gasteiger partial charge is 0.184 e. The first-order valence-corrected chi connectivity index (χ1v) is 6.01. The largest absolute Gasteiger partial charge is 0.508 e. The Kier molecular flexibility index (Phi) is 2.52. The minimum Gasteiger partial charge on any atom is -0.508 e. The molecule has 0 aliphatic rings. The van der Waals surface area contributed by atoms with Gasteiger partial charge < -0.3 is 19.6 Å². The van der Waals surface area contributed by atoms with Crippen molar-refractivity contribution in [2.75, 3.05) is 14.2 Å². The molecule has 0 radical (unpaired) electrons. The van der Waals surface area contributed by atoms with Crippen molar-refractivity contribution >= 4 is 21.8 Å². The van der Waals surface area contributed by atoms with Gasteiger partial charge in [-0.3, -0.25) is 0 Å². The van der Waals surface area contributed by atoms with Crippen LogP contribution in [0.2, 0.25) is 0 Å². The van der Waals surface area contributed by atoms with Crippen molar-refractivity contribution in [3.05, 3.63) is 29.8 Å². The highest BCUT2D eigenvalue weighted by atomic mass is 16.5. The number of aromatic nitrogens is 1. The molecule has 0 amide bonds. The van der Waals surface area contributed by atoms with E-state index in [0.717, 1.165) is 27.4 Å². The van der Waals surface area contributed by atoms with E-state index in [-0.39, 0.29) is 5.75 Å². The number of ether oxygens (including phenoxy) is 2. The van der Waals surface area contributed by atoms with Gasteiger partial charge in [-0.25, -0.2) is 0 Å². The van der Waals surface area contributed by atoms with Crippen molar-refractivity contribution in [1.29, 1.82) is 0 Å². The minimum atomic E-state index is 0.282. The maximum Gasteiger partial charge on any atom is 0.184 e. The van der Waals surface area contributed by atoms with Crippen LogP contribution in [0.25, 0.3) is 21.8 Å². The lowest BCUT2D eigenvalue weighted by molar-refractivity contribution is 0.358. The third-order valence-corrected chi connectivity index (χ3v) is 3.43. The normalized spacial score (nSPS) is 11.1. The van der Waals surface area contributed by atoms with Crippen molar-refractivity contribution in [1.82, 2.24) is 4.98 Å². The molecule has 3 rings (SSSR count). The predicted octanol–water partition coefficient (Wildman–Crippen LogP) is 3.35. The molecule has 2 aromatic carbocycles. The molecule has 2 N–H and O–H groups in total. The number of rotatable bonds is 2. The number of phenolic OH excluding ortho intramolecular Hbond substituents is 1. The molecule has 0 unspecified atom stereocenters. The Morgan fingerprint density at radius 3 is 2.53 bits per heavy atom. The minimum absolute atomic E-state index is 0.282. The number of hydrogen-bond acceptors (Lipinski definition) is 3. The quantitative estimate of drug-likeness (QED) is 0.740. The summed E-state index contributed by atoms with van der Waals surface area (Å²) in [6, 6.07) is 7.58. The van der Waals surface area contributed by atoms with Crippen LogP contribution in [-0.2, 0) is 0 Å². The molecule has 4 nitrogen and oxygen atoms in total. The van der Waals surface area contributed by atoms with E-state index in [1.54, 1.807) is 20.3 Å². The summed E-state index contributed by atoms with van der Waals surface area (Å²) in [4.78, 5) is 3.28. The summed E-state index contributed by atoms with van der Waals surface area (Å²) >= 11 is 0. The topological polar surface area (TPSA) is 54.5 Å². The molecule has 0 saturated carbocycles. The summed E-state index contributed by atoms with van der Waals surface area (Å²) in [7, 11) is 3.23. The summed E-state index contributed by atoms with van der Waals surface area (Å²) in [6.07, 6.45) is 0. The van der Waals surface area contributed by atoms with Crippen molar-refractivity contribution in [3.63, 3.8) is 0 Å². The van der Waals surface area contributed by atoms with Gasteiger partial charge in [0.2, 0.25) is 0 Å². The lowest BCUT2D eigenvalue weighted by Gasteiger charge is -2.07. The molecular formula is C15H15NO3. The first kappa shape index (κ1) is 11.7. The fourth-order valence-electron chi connectivity index (χ4n) is 2.43. The number of aromatic hydroxyl groups is 1. The second-order valence-electron chi connectivity index (χ2n) is 4.53. The monoisotopic (exact) mass is 257 g/mol. The molecule has 98 valence electrons. The number of fused-ring (bicyclic) bond motifs is 3. The van der Waals surface area contributed by atoms with Gasteiger partial charge in [0.05, 0.1) is 25.3 Å². The molecule has 1 aromatic heterocycles. The van der Waals surface area contributed by atoms with Crippen LogP contribution >= 0.6 is 0 Å². The van der Waals surface area contributed by atoms with Gasteiger partial charge in [-0.05, 0) is 30.7 Å². The van der Waals surface area contributed by atoms with Crippen LogP contribution in [0.15, 0.2) is 24.3 Å². The zero-order valence-electron chi connectivity index (χ0n) is 11.1. The third kappa shape index (κ3) is 1.60. The molecule has 19 heavy (non-hydrogen) atoms. The average Bonchev–Trinajstić information content (AvgIpc) is 2.75. The van der Waals surface area contributed by atoms with Crippen LogP contribution in [-0.4, -0.2) is 24.3 Å². The van der Waals surface area contributed by atoms with Crippen LogP contribution in [0.3, 0.4) is 0 Å². The van der Waals surface area contributed by atoms with Crippen molar-refractivity contribution in [2.45, 2.75) is 6.92 Å². The van der Waals surface area contributed by atoms with E-state index >= 15 is 0 Å². The van der Waals surface area contributed by atoms with Crippen molar-refractivity contribution in [2.24, 2.45) is 0 Å². The van der Waals surface area contributed by atoms with E-state index in [1.807, 2.05) is 25.1 Å². The fourth-order valence-corrected chi connectivity index (χ4v) is 2.43. The number of H-pyrrole nitrogens is 1. The third-order valence-electron chi connectivity index (χ3n) is 3.43.